The summed E-state index contributed by atoms with van der Waals surface area (Å²) in [5.41, 5.74) is 21.3. The van der Waals surface area contributed by atoms with E-state index >= 15 is 0 Å². The van der Waals surface area contributed by atoms with E-state index in [2.05, 4.69) is 278 Å². The van der Waals surface area contributed by atoms with Gasteiger partial charge >= 0.3 is 0 Å². The molecule has 3 nitrogen and oxygen atoms in total. The van der Waals surface area contributed by atoms with Crippen molar-refractivity contribution in [3.63, 3.8) is 0 Å². The van der Waals surface area contributed by atoms with Gasteiger partial charge in [-0.15, -0.1) is 0 Å². The molecule has 12 aromatic carbocycles. The van der Waals surface area contributed by atoms with Crippen LogP contribution in [0.25, 0.3) is 55.3 Å². The maximum Gasteiger partial charge on any atom is 0.132 e. The van der Waals surface area contributed by atoms with Crippen molar-refractivity contribution in [3.8, 4) is 67.5 Å². The average molecular weight is 956 g/mol. The van der Waals surface area contributed by atoms with Crippen molar-refractivity contribution < 1.29 is 9.47 Å². The summed E-state index contributed by atoms with van der Waals surface area (Å²) < 4.78 is 13.5. The highest BCUT2D eigenvalue weighted by molar-refractivity contribution is 6.03. The molecule has 2 spiro atoms. The number of benzene rings is 12. The van der Waals surface area contributed by atoms with Gasteiger partial charge in [0.15, 0.2) is 0 Å². The van der Waals surface area contributed by atoms with Crippen LogP contribution in [0.2, 0.25) is 0 Å². The van der Waals surface area contributed by atoms with E-state index in [0.717, 1.165) is 78.8 Å². The SMILES string of the molecule is c1ccc(-c2ccc(-c3ccccc3N(c3ccc4c(c3)C3(c5ccccc5Oc5ccccc53)c3ccccc3-4)c3ccc4c5c(ccc4c3)-c3ccccc3C53c4ccccc4Oc4ccccc43)cc2)cc1. The summed E-state index contributed by atoms with van der Waals surface area (Å²) in [4.78, 5) is 2.49. The maximum atomic E-state index is 6.77. The zero-order valence-corrected chi connectivity index (χ0v) is 40.7. The third kappa shape index (κ3) is 5.75. The van der Waals surface area contributed by atoms with Crippen LogP contribution in [0.3, 0.4) is 0 Å². The fourth-order valence-corrected chi connectivity index (χ4v) is 13.6. The lowest BCUT2D eigenvalue weighted by Crippen LogP contribution is -2.32. The summed E-state index contributed by atoms with van der Waals surface area (Å²) in [6.45, 7) is 0. The Morgan fingerprint density at radius 2 is 0.693 bits per heavy atom. The summed E-state index contributed by atoms with van der Waals surface area (Å²) in [5.74, 6) is 3.53. The molecule has 3 heteroatoms. The van der Waals surface area contributed by atoms with Crippen molar-refractivity contribution in [2.45, 2.75) is 10.8 Å². The average Bonchev–Trinajstić information content (AvgIpc) is 4.17. The quantitative estimate of drug-likeness (QED) is 0.172. The molecule has 2 heterocycles. The number of rotatable bonds is 5. The van der Waals surface area contributed by atoms with E-state index in [-0.39, 0.29) is 0 Å². The second-order valence-electron chi connectivity index (χ2n) is 20.2. The van der Waals surface area contributed by atoms with E-state index in [1.807, 2.05) is 0 Å². The molecule has 2 aliphatic heterocycles. The van der Waals surface area contributed by atoms with Gasteiger partial charge in [0, 0.05) is 39.2 Å². The predicted molar refractivity (Wildman–Crippen MR) is 304 cm³/mol. The van der Waals surface area contributed by atoms with Crippen LogP contribution in [0.1, 0.15) is 44.5 Å². The zero-order valence-electron chi connectivity index (χ0n) is 40.7. The molecular weight excluding hydrogens is 911 g/mol. The first kappa shape index (κ1) is 41.9. The molecule has 0 amide bonds. The number of para-hydroxylation sites is 5. The van der Waals surface area contributed by atoms with Crippen molar-refractivity contribution in [1.29, 1.82) is 0 Å². The molecule has 0 N–H and O–H groups in total. The minimum Gasteiger partial charge on any atom is -0.457 e. The van der Waals surface area contributed by atoms with Gasteiger partial charge in [0.1, 0.15) is 23.0 Å². The maximum absolute atomic E-state index is 6.77. The molecule has 16 rings (SSSR count). The van der Waals surface area contributed by atoms with Gasteiger partial charge < -0.3 is 14.4 Å². The standard InChI is InChI=1S/C72H45NO2/c1-2-18-46(19-3-1)47-34-36-48(37-35-47)52-20-6-13-29-65(52)73(51-40-43-56-54-21-4-7-23-58(54)71(64(56)45-51)60-25-9-14-30-66(60)74-67-31-15-10-26-61(67)71)50-39-42-53-49(44-50)38-41-57-55-22-5-8-24-59(55)72(70(53)57)62-27-11-16-32-68(62)75-69-33-17-12-28-63(69)72/h1-45H. The lowest BCUT2D eigenvalue weighted by Gasteiger charge is -2.40. The molecular formula is C72H45NO2. The number of nitrogens with zero attached hydrogens (tertiary/aromatic N) is 1. The van der Waals surface area contributed by atoms with Crippen LogP contribution in [-0.2, 0) is 10.8 Å². The van der Waals surface area contributed by atoms with Crippen molar-refractivity contribution >= 4 is 27.8 Å². The van der Waals surface area contributed by atoms with Crippen molar-refractivity contribution in [3.05, 3.63) is 317 Å². The molecule has 12 aromatic rings. The Bertz CT molecular complexity index is 4230. The van der Waals surface area contributed by atoms with Gasteiger partial charge in [0.05, 0.1) is 16.5 Å². The third-order valence-electron chi connectivity index (χ3n) is 16.6. The van der Waals surface area contributed by atoms with Crippen molar-refractivity contribution in [2.75, 3.05) is 4.90 Å². The van der Waals surface area contributed by atoms with Crippen molar-refractivity contribution in [1.82, 2.24) is 0 Å². The molecule has 350 valence electrons. The summed E-state index contributed by atoms with van der Waals surface area (Å²) >= 11 is 0. The molecule has 75 heavy (non-hydrogen) atoms. The first-order valence-electron chi connectivity index (χ1n) is 25.9. The highest BCUT2D eigenvalue weighted by Crippen LogP contribution is 2.65. The Hall–Kier alpha value is -9.70. The molecule has 0 bridgehead atoms. The lowest BCUT2D eigenvalue weighted by molar-refractivity contribution is 0.436. The predicted octanol–water partition coefficient (Wildman–Crippen LogP) is 18.6. The minimum atomic E-state index is -0.630. The largest absolute Gasteiger partial charge is 0.457 e. The second-order valence-corrected chi connectivity index (χ2v) is 20.2. The lowest BCUT2D eigenvalue weighted by atomic mass is 9.65. The van der Waals surface area contributed by atoms with E-state index in [1.165, 1.54) is 61.0 Å². The van der Waals surface area contributed by atoms with E-state index in [9.17, 15) is 0 Å². The second kappa shape index (κ2) is 15.9. The van der Waals surface area contributed by atoms with Gasteiger partial charge in [0.2, 0.25) is 0 Å². The Kier molecular flexibility index (Phi) is 8.88. The fraction of sp³-hybridized carbons (Fsp3) is 0.0278. The molecule has 0 saturated heterocycles. The van der Waals surface area contributed by atoms with Crippen LogP contribution in [0.5, 0.6) is 23.0 Å². The molecule has 0 unspecified atom stereocenters. The Morgan fingerprint density at radius 3 is 1.32 bits per heavy atom. The van der Waals surface area contributed by atoms with Gasteiger partial charge in [-0.05, 0) is 127 Å². The van der Waals surface area contributed by atoms with Gasteiger partial charge in [0.25, 0.3) is 0 Å². The Balaban J connectivity index is 0.952. The summed E-state index contributed by atoms with van der Waals surface area (Å²) in [7, 11) is 0. The monoisotopic (exact) mass is 955 g/mol. The Labute approximate surface area is 435 Å². The summed E-state index contributed by atoms with van der Waals surface area (Å²) in [6, 6.07) is 100. The van der Waals surface area contributed by atoms with Crippen LogP contribution in [0.4, 0.5) is 17.1 Å². The molecule has 0 radical (unpaired) electrons. The molecule has 0 saturated carbocycles. The molecule has 0 atom stereocenters. The van der Waals surface area contributed by atoms with Crippen molar-refractivity contribution in [2.24, 2.45) is 0 Å². The number of hydrogen-bond acceptors (Lipinski definition) is 3. The molecule has 0 fully saturated rings. The normalized spacial score (nSPS) is 14.0. The smallest absolute Gasteiger partial charge is 0.132 e. The molecule has 2 aliphatic carbocycles. The number of anilines is 3. The van der Waals surface area contributed by atoms with Crippen LogP contribution >= 0.6 is 0 Å². The van der Waals surface area contributed by atoms with Crippen LogP contribution in [0.15, 0.2) is 273 Å². The van der Waals surface area contributed by atoms with E-state index in [0.29, 0.717) is 0 Å². The van der Waals surface area contributed by atoms with E-state index in [1.54, 1.807) is 0 Å². The van der Waals surface area contributed by atoms with Gasteiger partial charge in [-0.3, -0.25) is 0 Å². The summed E-state index contributed by atoms with van der Waals surface area (Å²) in [6.07, 6.45) is 0. The number of ether oxygens (including phenoxy) is 2. The minimum absolute atomic E-state index is 0.601. The topological polar surface area (TPSA) is 21.7 Å². The highest BCUT2D eigenvalue weighted by Gasteiger charge is 2.53. The first-order chi connectivity index (χ1) is 37.2. The van der Waals surface area contributed by atoms with Gasteiger partial charge in [-0.1, -0.05) is 218 Å². The van der Waals surface area contributed by atoms with E-state index < -0.39 is 10.8 Å². The number of fused-ring (bicyclic) bond motifs is 20. The first-order valence-corrected chi connectivity index (χ1v) is 25.9. The zero-order chi connectivity index (χ0) is 49.2. The molecule has 0 aromatic heterocycles. The summed E-state index contributed by atoms with van der Waals surface area (Å²) in [5, 5.41) is 2.37. The Morgan fingerprint density at radius 1 is 0.267 bits per heavy atom. The molecule has 4 aliphatic rings. The van der Waals surface area contributed by atoms with Crippen LogP contribution in [-0.4, -0.2) is 0 Å². The highest BCUT2D eigenvalue weighted by atomic mass is 16.5. The fourth-order valence-electron chi connectivity index (χ4n) is 13.6. The van der Waals surface area contributed by atoms with Crippen LogP contribution < -0.4 is 14.4 Å². The van der Waals surface area contributed by atoms with Gasteiger partial charge in [-0.25, -0.2) is 0 Å². The van der Waals surface area contributed by atoms with Crippen LogP contribution in [0, 0.1) is 0 Å². The third-order valence-corrected chi connectivity index (χ3v) is 16.6. The van der Waals surface area contributed by atoms with E-state index in [4.69, 9.17) is 9.47 Å². The number of hydrogen-bond donors (Lipinski definition) is 0. The van der Waals surface area contributed by atoms with Gasteiger partial charge in [-0.2, -0.15) is 0 Å².